The van der Waals surface area contributed by atoms with E-state index in [4.69, 9.17) is 5.73 Å². The molecule has 0 fully saturated rings. The minimum Gasteiger partial charge on any atom is -0.383 e. The van der Waals surface area contributed by atoms with Crippen molar-refractivity contribution in [1.29, 1.82) is 0 Å². The molecule has 2 aromatic rings. The van der Waals surface area contributed by atoms with E-state index in [2.05, 4.69) is 14.8 Å². The van der Waals surface area contributed by atoms with Crippen LogP contribution in [-0.4, -0.2) is 23.2 Å². The van der Waals surface area contributed by atoms with Gasteiger partial charge in [0.15, 0.2) is 0 Å². The first-order chi connectivity index (χ1) is 9.42. The Kier molecular flexibility index (Phi) is 4.05. The van der Waals surface area contributed by atoms with E-state index in [0.717, 1.165) is 5.56 Å². The van der Waals surface area contributed by atoms with E-state index < -0.39 is 10.0 Å². The summed E-state index contributed by atoms with van der Waals surface area (Å²) >= 11 is 0. The molecule has 0 aliphatic heterocycles. The van der Waals surface area contributed by atoms with Gasteiger partial charge in [0.05, 0.1) is 6.20 Å². The van der Waals surface area contributed by atoms with Gasteiger partial charge in [0, 0.05) is 25.0 Å². The highest BCUT2D eigenvalue weighted by molar-refractivity contribution is 7.89. The summed E-state index contributed by atoms with van der Waals surface area (Å²) in [6.07, 6.45) is 4.49. The zero-order chi connectivity index (χ0) is 14.8. The van der Waals surface area contributed by atoms with Gasteiger partial charge in [0.2, 0.25) is 10.0 Å². The first-order valence-corrected chi connectivity index (χ1v) is 7.61. The molecule has 2 heterocycles. The van der Waals surface area contributed by atoms with Crippen LogP contribution in [0, 0.1) is 0 Å². The summed E-state index contributed by atoms with van der Waals surface area (Å²) in [7, 11) is -3.69. The highest BCUT2D eigenvalue weighted by Gasteiger charge is 2.22. The van der Waals surface area contributed by atoms with E-state index in [-0.39, 0.29) is 23.3 Å². The number of pyridine rings is 1. The van der Waals surface area contributed by atoms with Crippen molar-refractivity contribution < 1.29 is 8.42 Å². The highest BCUT2D eigenvalue weighted by atomic mass is 32.2. The van der Waals surface area contributed by atoms with Crippen molar-refractivity contribution >= 4 is 15.8 Å². The summed E-state index contributed by atoms with van der Waals surface area (Å²) in [5.41, 5.74) is 6.60. The molecule has 0 radical (unpaired) electrons. The number of rotatable bonds is 5. The molecule has 20 heavy (non-hydrogen) atoms. The predicted octanol–water partition coefficient (Wildman–Crippen LogP) is 0.920. The Hall–Kier alpha value is -1.93. The van der Waals surface area contributed by atoms with Gasteiger partial charge in [-0.3, -0.25) is 4.98 Å². The molecular formula is C12H17N5O2S. The van der Waals surface area contributed by atoms with E-state index >= 15 is 0 Å². The molecule has 7 nitrogen and oxygen atoms in total. The van der Waals surface area contributed by atoms with Crippen LogP contribution < -0.4 is 10.5 Å². The van der Waals surface area contributed by atoms with Crippen molar-refractivity contribution in [2.45, 2.75) is 31.3 Å². The lowest BCUT2D eigenvalue weighted by Gasteiger charge is -2.09. The molecule has 2 rings (SSSR count). The van der Waals surface area contributed by atoms with Crippen molar-refractivity contribution in [2.24, 2.45) is 0 Å². The summed E-state index contributed by atoms with van der Waals surface area (Å²) in [6, 6.07) is 3.53. The van der Waals surface area contributed by atoms with Crippen LogP contribution in [0.2, 0.25) is 0 Å². The monoisotopic (exact) mass is 295 g/mol. The minimum atomic E-state index is -3.69. The van der Waals surface area contributed by atoms with Gasteiger partial charge in [0.25, 0.3) is 0 Å². The van der Waals surface area contributed by atoms with Crippen LogP contribution in [0.1, 0.15) is 25.5 Å². The Morgan fingerprint density at radius 1 is 1.40 bits per heavy atom. The molecule has 0 atom stereocenters. The quantitative estimate of drug-likeness (QED) is 0.853. The molecule has 0 spiro atoms. The predicted molar refractivity (Wildman–Crippen MR) is 75.3 cm³/mol. The topological polar surface area (TPSA) is 103 Å². The Morgan fingerprint density at radius 3 is 2.70 bits per heavy atom. The average molecular weight is 295 g/mol. The number of anilines is 1. The summed E-state index contributed by atoms with van der Waals surface area (Å²) < 4.78 is 28.3. The Balaban J connectivity index is 2.19. The number of nitrogens with one attached hydrogen (secondary N) is 1. The van der Waals surface area contributed by atoms with E-state index in [0.29, 0.717) is 0 Å². The standard InChI is InChI=1S/C12H17N5O2S/c1-9(2)17-12(13)11(8-15-17)20(18,19)16-7-10-4-3-5-14-6-10/h3-6,8-9,16H,7,13H2,1-2H3. The van der Waals surface area contributed by atoms with Crippen molar-refractivity contribution in [3.05, 3.63) is 36.3 Å². The highest BCUT2D eigenvalue weighted by Crippen LogP contribution is 2.20. The van der Waals surface area contributed by atoms with Gasteiger partial charge in [-0.1, -0.05) is 6.07 Å². The third-order valence-corrected chi connectivity index (χ3v) is 4.18. The van der Waals surface area contributed by atoms with Gasteiger partial charge in [0.1, 0.15) is 10.7 Å². The number of hydrogen-bond donors (Lipinski definition) is 2. The zero-order valence-corrected chi connectivity index (χ0v) is 12.1. The third kappa shape index (κ3) is 2.97. The average Bonchev–Trinajstić information content (AvgIpc) is 2.80. The second-order valence-corrected chi connectivity index (χ2v) is 6.35. The van der Waals surface area contributed by atoms with E-state index in [1.54, 1.807) is 24.5 Å². The fraction of sp³-hybridized carbons (Fsp3) is 0.333. The lowest BCUT2D eigenvalue weighted by Crippen LogP contribution is -2.24. The fourth-order valence-corrected chi connectivity index (χ4v) is 2.80. The van der Waals surface area contributed by atoms with Crippen LogP contribution in [0.4, 0.5) is 5.82 Å². The SMILES string of the molecule is CC(C)n1ncc(S(=O)(=O)NCc2cccnc2)c1N. The van der Waals surface area contributed by atoms with Crippen LogP contribution in [0.25, 0.3) is 0 Å². The first kappa shape index (κ1) is 14.5. The van der Waals surface area contributed by atoms with Crippen molar-refractivity contribution in [1.82, 2.24) is 19.5 Å². The van der Waals surface area contributed by atoms with E-state index in [1.165, 1.54) is 10.9 Å². The fourth-order valence-electron chi connectivity index (χ4n) is 1.73. The second kappa shape index (κ2) is 5.59. The molecule has 0 aliphatic rings. The molecule has 0 saturated heterocycles. The normalized spacial score (nSPS) is 11.9. The van der Waals surface area contributed by atoms with Crippen LogP contribution in [0.3, 0.4) is 0 Å². The van der Waals surface area contributed by atoms with Crippen LogP contribution in [0.5, 0.6) is 0 Å². The number of aromatic nitrogens is 3. The molecule has 2 aromatic heterocycles. The largest absolute Gasteiger partial charge is 0.383 e. The van der Waals surface area contributed by atoms with E-state index in [1.807, 2.05) is 13.8 Å². The molecule has 0 saturated carbocycles. The molecule has 0 amide bonds. The smallest absolute Gasteiger partial charge is 0.246 e. The lowest BCUT2D eigenvalue weighted by molar-refractivity contribution is 0.539. The summed E-state index contributed by atoms with van der Waals surface area (Å²) in [6.45, 7) is 3.91. The lowest BCUT2D eigenvalue weighted by atomic mass is 10.3. The number of sulfonamides is 1. The zero-order valence-electron chi connectivity index (χ0n) is 11.3. The molecule has 108 valence electrons. The Labute approximate surface area is 117 Å². The molecule has 0 aromatic carbocycles. The third-order valence-electron chi connectivity index (χ3n) is 2.77. The number of nitrogens with two attached hydrogens (primary N) is 1. The second-order valence-electron chi connectivity index (χ2n) is 4.62. The molecule has 0 aliphatic carbocycles. The first-order valence-electron chi connectivity index (χ1n) is 6.13. The molecule has 0 bridgehead atoms. The maximum absolute atomic E-state index is 12.2. The van der Waals surface area contributed by atoms with E-state index in [9.17, 15) is 8.42 Å². The van der Waals surface area contributed by atoms with Crippen molar-refractivity contribution in [3.63, 3.8) is 0 Å². The summed E-state index contributed by atoms with van der Waals surface area (Å²) in [5.74, 6) is 0.138. The summed E-state index contributed by atoms with van der Waals surface area (Å²) in [5, 5.41) is 4.00. The van der Waals surface area contributed by atoms with Gasteiger partial charge in [-0.15, -0.1) is 0 Å². The molecule has 0 unspecified atom stereocenters. The summed E-state index contributed by atoms with van der Waals surface area (Å²) in [4.78, 5) is 3.92. The van der Waals surface area contributed by atoms with Crippen molar-refractivity contribution in [3.8, 4) is 0 Å². The molecule has 8 heteroatoms. The van der Waals surface area contributed by atoms with Crippen LogP contribution in [0.15, 0.2) is 35.6 Å². The Bertz CT molecular complexity index is 679. The van der Waals surface area contributed by atoms with Crippen LogP contribution in [-0.2, 0) is 16.6 Å². The molecule has 3 N–H and O–H groups in total. The van der Waals surface area contributed by atoms with Crippen LogP contribution >= 0.6 is 0 Å². The maximum Gasteiger partial charge on any atom is 0.246 e. The number of nitrogen functional groups attached to an aromatic ring is 1. The van der Waals surface area contributed by atoms with Gasteiger partial charge >= 0.3 is 0 Å². The number of hydrogen-bond acceptors (Lipinski definition) is 5. The molecular weight excluding hydrogens is 278 g/mol. The minimum absolute atomic E-state index is 0.00252. The van der Waals surface area contributed by atoms with Gasteiger partial charge in [-0.05, 0) is 25.5 Å². The number of nitrogens with zero attached hydrogens (tertiary/aromatic N) is 3. The van der Waals surface area contributed by atoms with Gasteiger partial charge in [-0.2, -0.15) is 5.10 Å². The van der Waals surface area contributed by atoms with Gasteiger partial charge < -0.3 is 5.73 Å². The Morgan fingerprint density at radius 2 is 2.15 bits per heavy atom. The van der Waals surface area contributed by atoms with Gasteiger partial charge in [-0.25, -0.2) is 17.8 Å². The maximum atomic E-state index is 12.2. The van der Waals surface area contributed by atoms with Crippen molar-refractivity contribution in [2.75, 3.05) is 5.73 Å².